The van der Waals surface area contributed by atoms with Crippen molar-refractivity contribution in [1.29, 1.82) is 0 Å². The smallest absolute Gasteiger partial charge is 0.326 e. The van der Waals surface area contributed by atoms with E-state index in [0.717, 1.165) is 13.1 Å². The van der Waals surface area contributed by atoms with Crippen LogP contribution >= 0.6 is 7.60 Å². The number of hydrogen-bond acceptors (Lipinski definition) is 4. The van der Waals surface area contributed by atoms with Crippen LogP contribution in [0.4, 0.5) is 0 Å². The number of hydrogen-bond donors (Lipinski definition) is 5. The summed E-state index contributed by atoms with van der Waals surface area (Å²) in [6.45, 7) is 3.16. The largest absolute Gasteiger partial charge is 0.329 e. The van der Waals surface area contributed by atoms with Crippen LogP contribution in [0.15, 0.2) is 0 Å². The Morgan fingerprint density at radius 2 is 1.57 bits per heavy atom. The Labute approximate surface area is 103 Å². The summed E-state index contributed by atoms with van der Waals surface area (Å²) in [5.74, 6) is 0. The van der Waals surface area contributed by atoms with Gasteiger partial charge in [-0.1, -0.05) is 0 Å². The van der Waals surface area contributed by atoms with Gasteiger partial charge in [-0.05, 0) is 0 Å². The quantitative estimate of drug-likeness (QED) is 0.270. The number of rotatable bonds is 8. The molecule has 0 aliphatic heterocycles. The van der Waals surface area contributed by atoms with Crippen molar-refractivity contribution in [3.63, 3.8) is 0 Å². The summed E-state index contributed by atoms with van der Waals surface area (Å²) in [4.78, 5) is 17.0. The van der Waals surface area contributed by atoms with Crippen molar-refractivity contribution < 1.29 is 40.6 Å². The van der Waals surface area contributed by atoms with Crippen LogP contribution in [0.1, 0.15) is 0 Å². The first-order chi connectivity index (χ1) is 6.06. The molecule has 0 saturated heterocycles. The zero-order chi connectivity index (χ0) is 10.2. The van der Waals surface area contributed by atoms with Gasteiger partial charge in [0.1, 0.15) is 0 Å². The predicted molar refractivity (Wildman–Crippen MR) is 51.7 cm³/mol. The van der Waals surface area contributed by atoms with Gasteiger partial charge >= 0.3 is 7.60 Å². The molecule has 8 heteroatoms. The summed E-state index contributed by atoms with van der Waals surface area (Å²) in [7, 11) is -3.83. The minimum absolute atomic E-state index is 0. The van der Waals surface area contributed by atoms with Gasteiger partial charge in [0.15, 0.2) is 0 Å². The van der Waals surface area contributed by atoms with E-state index in [1.807, 2.05) is 0 Å². The van der Waals surface area contributed by atoms with Gasteiger partial charge in [0.05, 0.1) is 6.16 Å². The summed E-state index contributed by atoms with van der Waals surface area (Å²) < 4.78 is 10.4. The molecule has 0 heterocycles. The molecule has 0 saturated carbocycles. The molecule has 0 spiro atoms. The second-order valence-corrected chi connectivity index (χ2v) is 4.45. The molecular weight excluding hydrogens is 284 g/mol. The Hall–Kier alpha value is 0.913. The molecule has 0 bridgehead atoms. The van der Waals surface area contributed by atoms with Gasteiger partial charge in [0.25, 0.3) is 0 Å². The van der Waals surface area contributed by atoms with Crippen LogP contribution in [0.2, 0.25) is 0 Å². The molecule has 0 unspecified atom stereocenters. The summed E-state index contributed by atoms with van der Waals surface area (Å²) in [6.07, 6.45) is -0.107. The zero-order valence-electron chi connectivity index (χ0n) is 8.07. The third-order valence-electron chi connectivity index (χ3n) is 1.38. The van der Waals surface area contributed by atoms with E-state index in [-0.39, 0.29) is 32.4 Å². The molecule has 0 rings (SSSR count). The van der Waals surface area contributed by atoms with Gasteiger partial charge < -0.3 is 26.2 Å². The van der Waals surface area contributed by atoms with Crippen LogP contribution in [-0.2, 0) is 30.8 Å². The van der Waals surface area contributed by atoms with E-state index < -0.39 is 7.60 Å². The van der Waals surface area contributed by atoms with E-state index in [2.05, 4.69) is 10.6 Å². The normalized spacial score (nSPS) is 11.1. The van der Waals surface area contributed by atoms with Gasteiger partial charge in [0.2, 0.25) is 0 Å². The Balaban J connectivity index is 0. The minimum Gasteiger partial charge on any atom is -0.329 e. The molecule has 0 aliphatic rings. The first kappa shape index (κ1) is 17.3. The van der Waals surface area contributed by atoms with Crippen molar-refractivity contribution in [2.45, 2.75) is 0 Å². The van der Waals surface area contributed by atoms with Gasteiger partial charge in [0, 0.05) is 58.9 Å². The predicted octanol–water partition coefficient (Wildman–Crippen LogP) is -1.70. The fourth-order valence-corrected chi connectivity index (χ4v) is 1.20. The van der Waals surface area contributed by atoms with Gasteiger partial charge in [-0.3, -0.25) is 4.57 Å². The molecule has 84 valence electrons. The second-order valence-electron chi connectivity index (χ2n) is 2.68. The van der Waals surface area contributed by atoms with Crippen molar-refractivity contribution in [3.8, 4) is 0 Å². The number of nitrogens with two attached hydrogens (primary N) is 1. The summed E-state index contributed by atoms with van der Waals surface area (Å²) >= 11 is 0. The third-order valence-corrected chi connectivity index (χ3v) is 2.19. The standard InChI is InChI=1S/C6H18N3O3P.Zr/c7-1-2-8-3-4-9-5-6-13(10,11)12;/h8-9H,1-7H2,(H2,10,11,12);. The van der Waals surface area contributed by atoms with Gasteiger partial charge in [-0.15, -0.1) is 0 Å². The fraction of sp³-hybridized carbons (Fsp3) is 1.00. The van der Waals surface area contributed by atoms with Crippen molar-refractivity contribution >= 4 is 7.60 Å². The maximum Gasteiger partial charge on any atom is 0.326 e. The second kappa shape index (κ2) is 10.4. The van der Waals surface area contributed by atoms with E-state index in [1.165, 1.54) is 0 Å². The monoisotopic (exact) mass is 301 g/mol. The molecule has 14 heavy (non-hydrogen) atoms. The fourth-order valence-electron chi connectivity index (χ4n) is 0.754. The maximum atomic E-state index is 10.4. The van der Waals surface area contributed by atoms with Crippen LogP contribution in [0.25, 0.3) is 0 Å². The zero-order valence-corrected chi connectivity index (χ0v) is 11.4. The van der Waals surface area contributed by atoms with Crippen LogP contribution in [0.3, 0.4) is 0 Å². The van der Waals surface area contributed by atoms with E-state index in [9.17, 15) is 4.57 Å². The summed E-state index contributed by atoms with van der Waals surface area (Å²) in [6, 6.07) is 0. The third kappa shape index (κ3) is 15.4. The van der Waals surface area contributed by atoms with Crippen LogP contribution in [-0.4, -0.2) is 48.7 Å². The molecule has 0 amide bonds. The molecule has 6 nitrogen and oxygen atoms in total. The summed E-state index contributed by atoms with van der Waals surface area (Å²) in [5, 5.41) is 5.96. The van der Waals surface area contributed by atoms with Gasteiger partial charge in [-0.25, -0.2) is 0 Å². The summed E-state index contributed by atoms with van der Waals surface area (Å²) in [5.41, 5.74) is 5.24. The minimum atomic E-state index is -3.83. The van der Waals surface area contributed by atoms with Crippen LogP contribution in [0, 0.1) is 0 Å². The Kier molecular flexibility index (Phi) is 12.9. The van der Waals surface area contributed by atoms with E-state index in [4.69, 9.17) is 15.5 Å². The van der Waals surface area contributed by atoms with E-state index in [1.54, 1.807) is 0 Å². The SMILES string of the molecule is NCCNCCNCCP(=O)(O)O.[Zr]. The van der Waals surface area contributed by atoms with Crippen LogP contribution in [0.5, 0.6) is 0 Å². The molecule has 0 aromatic heterocycles. The Morgan fingerprint density at radius 1 is 1.07 bits per heavy atom. The van der Waals surface area contributed by atoms with E-state index >= 15 is 0 Å². The molecule has 0 radical (unpaired) electrons. The van der Waals surface area contributed by atoms with Crippen molar-refractivity contribution in [1.82, 2.24) is 10.6 Å². The molecule has 0 aromatic rings. The molecule has 0 aliphatic carbocycles. The van der Waals surface area contributed by atoms with Crippen molar-refractivity contribution in [2.24, 2.45) is 5.73 Å². The van der Waals surface area contributed by atoms with Crippen molar-refractivity contribution in [3.05, 3.63) is 0 Å². The first-order valence-corrected chi connectivity index (χ1v) is 6.02. The number of nitrogens with one attached hydrogen (secondary N) is 2. The first-order valence-electron chi connectivity index (χ1n) is 4.22. The van der Waals surface area contributed by atoms with Crippen LogP contribution < -0.4 is 16.4 Å². The molecule has 6 N–H and O–H groups in total. The van der Waals surface area contributed by atoms with Gasteiger partial charge in [-0.2, -0.15) is 0 Å². The Morgan fingerprint density at radius 3 is 2.00 bits per heavy atom. The van der Waals surface area contributed by atoms with E-state index in [0.29, 0.717) is 19.6 Å². The molecular formula is C6H18N3O3PZr. The van der Waals surface area contributed by atoms with Crippen molar-refractivity contribution in [2.75, 3.05) is 38.9 Å². The Bertz CT molecular complexity index is 166. The average Bonchev–Trinajstić information content (AvgIpc) is 2.01. The molecule has 0 aromatic carbocycles. The average molecular weight is 302 g/mol. The topological polar surface area (TPSA) is 108 Å². The molecule has 0 atom stereocenters. The maximum absolute atomic E-state index is 10.4. The molecule has 0 fully saturated rings.